The fourth-order valence-electron chi connectivity index (χ4n) is 1.45. The summed E-state index contributed by atoms with van der Waals surface area (Å²) in [6, 6.07) is 5.53. The zero-order valence-corrected chi connectivity index (χ0v) is 9.44. The number of nitrogens with one attached hydrogen (secondary N) is 1. The van der Waals surface area contributed by atoms with Crippen molar-refractivity contribution in [3.63, 3.8) is 0 Å². The van der Waals surface area contributed by atoms with Crippen LogP contribution in [0.1, 0.15) is 11.3 Å². The van der Waals surface area contributed by atoms with Crippen molar-refractivity contribution in [1.82, 2.24) is 14.8 Å². The van der Waals surface area contributed by atoms with Crippen LogP contribution in [0.5, 0.6) is 0 Å². The van der Waals surface area contributed by atoms with E-state index in [4.69, 9.17) is 5.73 Å². The van der Waals surface area contributed by atoms with Crippen molar-refractivity contribution in [3.8, 4) is 0 Å². The Morgan fingerprint density at radius 3 is 2.88 bits per heavy atom. The lowest BCUT2D eigenvalue weighted by Gasteiger charge is -2.05. The highest BCUT2D eigenvalue weighted by Gasteiger charge is 2.03. The molecule has 0 atom stereocenters. The summed E-state index contributed by atoms with van der Waals surface area (Å²) >= 11 is 0. The summed E-state index contributed by atoms with van der Waals surface area (Å²) in [6.07, 6.45) is 1.86. The molecule has 0 spiro atoms. The molecule has 3 N–H and O–H groups in total. The summed E-state index contributed by atoms with van der Waals surface area (Å²) in [5.41, 5.74) is 7.90. The molecule has 0 saturated carbocycles. The van der Waals surface area contributed by atoms with Crippen LogP contribution in [0.2, 0.25) is 0 Å². The van der Waals surface area contributed by atoms with E-state index in [9.17, 15) is 0 Å². The normalized spacial score (nSPS) is 10.4. The molecule has 84 valence electrons. The largest absolute Gasteiger partial charge is 0.384 e. The van der Waals surface area contributed by atoms with Gasteiger partial charge in [-0.15, -0.1) is 0 Å². The number of aryl methyl sites for hydroxylation is 1. The van der Waals surface area contributed by atoms with Gasteiger partial charge in [0.15, 0.2) is 0 Å². The van der Waals surface area contributed by atoms with Gasteiger partial charge in [-0.25, -0.2) is 4.98 Å². The van der Waals surface area contributed by atoms with Crippen LogP contribution in [0.4, 0.5) is 11.6 Å². The fourth-order valence-corrected chi connectivity index (χ4v) is 1.45. The van der Waals surface area contributed by atoms with E-state index < -0.39 is 0 Å². The summed E-state index contributed by atoms with van der Waals surface area (Å²) in [7, 11) is 1.93. The first kappa shape index (κ1) is 10.5. The Morgan fingerprint density at radius 1 is 1.44 bits per heavy atom. The van der Waals surface area contributed by atoms with Crippen molar-refractivity contribution in [3.05, 3.63) is 35.7 Å². The van der Waals surface area contributed by atoms with E-state index >= 15 is 0 Å². The molecule has 0 unspecified atom stereocenters. The molecule has 2 rings (SSSR count). The summed E-state index contributed by atoms with van der Waals surface area (Å²) in [6.45, 7) is 2.74. The smallest absolute Gasteiger partial charge is 0.128 e. The molecule has 0 fully saturated rings. The van der Waals surface area contributed by atoms with E-state index in [-0.39, 0.29) is 0 Å². The molecule has 0 amide bonds. The van der Waals surface area contributed by atoms with Gasteiger partial charge in [-0.3, -0.25) is 4.68 Å². The van der Waals surface area contributed by atoms with Crippen LogP contribution in [-0.4, -0.2) is 14.8 Å². The molecule has 0 aliphatic carbocycles. The Kier molecular flexibility index (Phi) is 2.76. The molecule has 16 heavy (non-hydrogen) atoms. The number of aromatic nitrogens is 3. The number of pyridine rings is 1. The van der Waals surface area contributed by atoms with Crippen LogP contribution in [0.3, 0.4) is 0 Å². The second-order valence-electron chi connectivity index (χ2n) is 3.68. The van der Waals surface area contributed by atoms with Crippen molar-refractivity contribution < 1.29 is 0 Å². The van der Waals surface area contributed by atoms with Gasteiger partial charge in [0.1, 0.15) is 11.6 Å². The molecule has 2 aromatic heterocycles. The second-order valence-corrected chi connectivity index (χ2v) is 3.68. The Hall–Kier alpha value is -2.04. The standard InChI is InChI=1S/C11H15N5/c1-8-9(7-14-16(8)2)6-13-11-5-3-4-10(12)15-11/h3-5,7H,6H2,1-2H3,(H3,12,13,15). The zero-order valence-electron chi connectivity index (χ0n) is 9.44. The molecule has 0 bridgehead atoms. The first-order chi connectivity index (χ1) is 7.66. The number of rotatable bonds is 3. The molecule has 0 radical (unpaired) electrons. The second kappa shape index (κ2) is 4.22. The molecule has 0 aromatic carbocycles. The Balaban J connectivity index is 2.05. The number of hydrogen-bond acceptors (Lipinski definition) is 4. The average Bonchev–Trinajstić information content (AvgIpc) is 2.57. The van der Waals surface area contributed by atoms with Gasteiger partial charge in [0, 0.05) is 24.8 Å². The SMILES string of the molecule is Cc1c(CNc2cccc(N)n2)cnn1C. The highest BCUT2D eigenvalue weighted by Crippen LogP contribution is 2.10. The van der Waals surface area contributed by atoms with Gasteiger partial charge in [-0.2, -0.15) is 5.10 Å². The monoisotopic (exact) mass is 217 g/mol. The van der Waals surface area contributed by atoms with Crippen molar-refractivity contribution >= 4 is 11.6 Å². The molecule has 2 aromatic rings. The third-order valence-corrected chi connectivity index (χ3v) is 2.57. The van der Waals surface area contributed by atoms with Gasteiger partial charge in [-0.1, -0.05) is 6.07 Å². The minimum Gasteiger partial charge on any atom is -0.384 e. The quantitative estimate of drug-likeness (QED) is 0.813. The minimum atomic E-state index is 0.521. The maximum absolute atomic E-state index is 5.59. The summed E-state index contributed by atoms with van der Waals surface area (Å²) < 4.78 is 1.85. The van der Waals surface area contributed by atoms with Crippen molar-refractivity contribution in [2.45, 2.75) is 13.5 Å². The summed E-state index contributed by atoms with van der Waals surface area (Å²) in [5, 5.41) is 7.39. The van der Waals surface area contributed by atoms with Gasteiger partial charge in [0.25, 0.3) is 0 Å². The predicted molar refractivity (Wildman–Crippen MR) is 63.9 cm³/mol. The van der Waals surface area contributed by atoms with Crippen LogP contribution < -0.4 is 11.1 Å². The van der Waals surface area contributed by atoms with Gasteiger partial charge in [0.2, 0.25) is 0 Å². The van der Waals surface area contributed by atoms with E-state index in [1.54, 1.807) is 6.07 Å². The maximum atomic E-state index is 5.59. The number of hydrogen-bond donors (Lipinski definition) is 2. The lowest BCUT2D eigenvalue weighted by molar-refractivity contribution is 0.738. The van der Waals surface area contributed by atoms with E-state index in [1.165, 1.54) is 0 Å². The van der Waals surface area contributed by atoms with Gasteiger partial charge < -0.3 is 11.1 Å². The van der Waals surface area contributed by atoms with E-state index in [2.05, 4.69) is 15.4 Å². The molecule has 0 saturated heterocycles. The molecular weight excluding hydrogens is 202 g/mol. The molecule has 5 heteroatoms. The molecule has 0 aliphatic heterocycles. The minimum absolute atomic E-state index is 0.521. The predicted octanol–water partition coefficient (Wildman–Crippen LogP) is 1.32. The third kappa shape index (κ3) is 2.13. The van der Waals surface area contributed by atoms with Crippen molar-refractivity contribution in [1.29, 1.82) is 0 Å². The molecule has 0 aliphatic rings. The lowest BCUT2D eigenvalue weighted by atomic mass is 10.2. The first-order valence-electron chi connectivity index (χ1n) is 5.10. The maximum Gasteiger partial charge on any atom is 0.128 e. The van der Waals surface area contributed by atoms with Crippen molar-refractivity contribution in [2.75, 3.05) is 11.1 Å². The molecule has 2 heterocycles. The van der Waals surface area contributed by atoms with Gasteiger partial charge >= 0.3 is 0 Å². The lowest BCUT2D eigenvalue weighted by Crippen LogP contribution is -2.03. The van der Waals surface area contributed by atoms with Gasteiger partial charge in [-0.05, 0) is 19.1 Å². The van der Waals surface area contributed by atoms with Crippen LogP contribution in [0.15, 0.2) is 24.4 Å². The van der Waals surface area contributed by atoms with Crippen LogP contribution in [0, 0.1) is 6.92 Å². The third-order valence-electron chi connectivity index (χ3n) is 2.57. The fraction of sp³-hybridized carbons (Fsp3) is 0.273. The van der Waals surface area contributed by atoms with Crippen molar-refractivity contribution in [2.24, 2.45) is 7.05 Å². The molecular formula is C11H15N5. The van der Waals surface area contributed by atoms with E-state index in [1.807, 2.05) is 37.0 Å². The Morgan fingerprint density at radius 2 is 2.25 bits per heavy atom. The topological polar surface area (TPSA) is 68.8 Å². The highest BCUT2D eigenvalue weighted by molar-refractivity contribution is 5.42. The Labute approximate surface area is 94.3 Å². The van der Waals surface area contributed by atoms with E-state index in [0.29, 0.717) is 12.4 Å². The summed E-state index contributed by atoms with van der Waals surface area (Å²) in [4.78, 5) is 4.16. The van der Waals surface area contributed by atoms with Gasteiger partial charge in [0.05, 0.1) is 6.20 Å². The van der Waals surface area contributed by atoms with Crippen LogP contribution in [-0.2, 0) is 13.6 Å². The zero-order chi connectivity index (χ0) is 11.5. The van der Waals surface area contributed by atoms with E-state index in [0.717, 1.165) is 17.1 Å². The number of nitrogens with two attached hydrogens (primary N) is 1. The number of nitrogen functional groups attached to an aromatic ring is 1. The van der Waals surface area contributed by atoms with Crippen LogP contribution in [0.25, 0.3) is 0 Å². The summed E-state index contributed by atoms with van der Waals surface area (Å²) in [5.74, 6) is 1.30. The number of anilines is 2. The highest BCUT2D eigenvalue weighted by atomic mass is 15.3. The number of nitrogens with zero attached hydrogens (tertiary/aromatic N) is 3. The average molecular weight is 217 g/mol. The Bertz CT molecular complexity index is 489. The van der Waals surface area contributed by atoms with Crippen LogP contribution >= 0.6 is 0 Å². The molecule has 5 nitrogen and oxygen atoms in total. The first-order valence-corrected chi connectivity index (χ1v) is 5.10.